The largest absolute Gasteiger partial charge is 0.383 e. The van der Waals surface area contributed by atoms with Crippen LogP contribution in [0, 0.1) is 0 Å². The Kier molecular flexibility index (Phi) is 10.2. The van der Waals surface area contributed by atoms with Crippen LogP contribution in [0.2, 0.25) is 0 Å². The molecule has 0 amide bonds. The number of hydrogen-bond donors (Lipinski definition) is 2. The average Bonchev–Trinajstić information content (AvgIpc) is 3.22. The Morgan fingerprint density at radius 2 is 1.71 bits per heavy atom. The summed E-state index contributed by atoms with van der Waals surface area (Å²) in [5, 5.41) is 5.22. The highest BCUT2D eigenvalue weighted by atomic mass is 35.5. The number of halogens is 3. The molecule has 3 nitrogen and oxygen atoms in total. The first kappa shape index (κ1) is 24.1. The van der Waals surface area contributed by atoms with Crippen LogP contribution < -0.4 is 11.1 Å². The number of alkyl halides is 1. The number of amidine groups is 1. The molecule has 2 atom stereocenters. The van der Waals surface area contributed by atoms with Crippen LogP contribution >= 0.6 is 36.2 Å². The molecular weight excluding hydrogens is 416 g/mol. The molecule has 0 saturated carbocycles. The number of nitrogens with two attached hydrogens (primary N) is 1. The van der Waals surface area contributed by atoms with Crippen LogP contribution in [0.25, 0.3) is 0 Å². The summed E-state index contributed by atoms with van der Waals surface area (Å²) in [4.78, 5) is 5.39. The van der Waals surface area contributed by atoms with Gasteiger partial charge in [0.1, 0.15) is 12.0 Å². The highest BCUT2D eigenvalue weighted by Crippen LogP contribution is 2.21. The number of hydrogen-bond acceptors (Lipinski definition) is 3. The number of benzene rings is 2. The van der Waals surface area contributed by atoms with Gasteiger partial charge in [-0.2, -0.15) is 0 Å². The lowest BCUT2D eigenvalue weighted by Crippen LogP contribution is -2.29. The van der Waals surface area contributed by atoms with E-state index < -0.39 is 6.17 Å². The zero-order chi connectivity index (χ0) is 18.4. The summed E-state index contributed by atoms with van der Waals surface area (Å²) in [6.45, 7) is 2.46. The lowest BCUT2D eigenvalue weighted by atomic mass is 10.0. The molecule has 0 aliphatic rings. The van der Waals surface area contributed by atoms with E-state index >= 15 is 0 Å². The first-order valence-corrected chi connectivity index (χ1v) is 9.41. The standard InChI is InChI=1S/C21H22FN3S.2ClH/c1-15(20(22)17-6-3-2-4-7-17)24-14-16-9-11-18(12-10-16)25-21(23)19-8-5-13-26-19;;/h2-13,15,20,24H,14H2,1H3,(H2,23,25);2*1H/t15-,20+;;/m0../s1. The second-order valence-corrected chi connectivity index (χ2v) is 7.07. The van der Waals surface area contributed by atoms with Gasteiger partial charge in [0.25, 0.3) is 0 Å². The van der Waals surface area contributed by atoms with Crippen molar-refractivity contribution in [3.05, 3.63) is 88.1 Å². The first-order chi connectivity index (χ1) is 12.6. The van der Waals surface area contributed by atoms with Crippen LogP contribution in [0.15, 0.2) is 77.1 Å². The van der Waals surface area contributed by atoms with E-state index in [2.05, 4.69) is 10.3 Å². The zero-order valence-electron chi connectivity index (χ0n) is 15.4. The summed E-state index contributed by atoms with van der Waals surface area (Å²) in [6, 6.07) is 20.7. The van der Waals surface area contributed by atoms with Crippen molar-refractivity contribution < 1.29 is 4.39 Å². The minimum Gasteiger partial charge on any atom is -0.383 e. The van der Waals surface area contributed by atoms with Gasteiger partial charge in [-0.05, 0) is 41.6 Å². The molecule has 0 saturated heterocycles. The Balaban J connectivity index is 0.00000196. The fraction of sp³-hybridized carbons (Fsp3) is 0.190. The van der Waals surface area contributed by atoms with Gasteiger partial charge in [0.15, 0.2) is 0 Å². The molecule has 3 rings (SSSR count). The van der Waals surface area contributed by atoms with Crippen molar-refractivity contribution in [2.75, 3.05) is 0 Å². The number of aliphatic imine (C=N–C) groups is 1. The molecule has 3 N–H and O–H groups in total. The van der Waals surface area contributed by atoms with Gasteiger partial charge in [-0.1, -0.05) is 48.5 Å². The molecule has 1 heterocycles. The van der Waals surface area contributed by atoms with Crippen molar-refractivity contribution in [3.8, 4) is 0 Å². The van der Waals surface area contributed by atoms with Gasteiger partial charge >= 0.3 is 0 Å². The van der Waals surface area contributed by atoms with Crippen molar-refractivity contribution in [3.63, 3.8) is 0 Å². The van der Waals surface area contributed by atoms with Crippen LogP contribution in [-0.2, 0) is 6.54 Å². The molecule has 3 aromatic rings. The second-order valence-electron chi connectivity index (χ2n) is 6.12. The Labute approximate surface area is 181 Å². The molecule has 7 heteroatoms. The molecule has 0 aliphatic carbocycles. The Bertz CT molecular complexity index is 840. The highest BCUT2D eigenvalue weighted by Gasteiger charge is 2.17. The van der Waals surface area contributed by atoms with Gasteiger partial charge in [0.05, 0.1) is 10.6 Å². The summed E-state index contributed by atoms with van der Waals surface area (Å²) >= 11 is 1.56. The summed E-state index contributed by atoms with van der Waals surface area (Å²) in [7, 11) is 0. The third-order valence-corrected chi connectivity index (χ3v) is 5.04. The molecule has 0 radical (unpaired) electrons. The predicted molar refractivity (Wildman–Crippen MR) is 122 cm³/mol. The van der Waals surface area contributed by atoms with Crippen LogP contribution in [0.5, 0.6) is 0 Å². The van der Waals surface area contributed by atoms with E-state index in [-0.39, 0.29) is 30.9 Å². The van der Waals surface area contributed by atoms with E-state index in [9.17, 15) is 4.39 Å². The monoisotopic (exact) mass is 439 g/mol. The van der Waals surface area contributed by atoms with Crippen molar-refractivity contribution >= 4 is 47.7 Å². The van der Waals surface area contributed by atoms with Gasteiger partial charge < -0.3 is 11.1 Å². The number of nitrogens with one attached hydrogen (secondary N) is 1. The normalized spacial score (nSPS) is 13.1. The summed E-state index contributed by atoms with van der Waals surface area (Å²) in [6.07, 6.45) is -1.04. The maximum Gasteiger partial charge on any atom is 0.141 e. The molecule has 0 fully saturated rings. The maximum atomic E-state index is 14.5. The summed E-state index contributed by atoms with van der Waals surface area (Å²) in [5.74, 6) is 0.516. The van der Waals surface area contributed by atoms with Crippen molar-refractivity contribution in [1.29, 1.82) is 0 Å². The Morgan fingerprint density at radius 3 is 2.32 bits per heavy atom. The van der Waals surface area contributed by atoms with E-state index in [0.29, 0.717) is 17.9 Å². The fourth-order valence-electron chi connectivity index (χ4n) is 2.61. The van der Waals surface area contributed by atoms with Crippen molar-refractivity contribution in [2.45, 2.75) is 25.7 Å². The highest BCUT2D eigenvalue weighted by molar-refractivity contribution is 7.12. The van der Waals surface area contributed by atoms with Gasteiger partial charge in [0.2, 0.25) is 0 Å². The second kappa shape index (κ2) is 11.8. The maximum absolute atomic E-state index is 14.5. The smallest absolute Gasteiger partial charge is 0.141 e. The lowest BCUT2D eigenvalue weighted by Gasteiger charge is -2.18. The first-order valence-electron chi connectivity index (χ1n) is 8.53. The van der Waals surface area contributed by atoms with E-state index in [4.69, 9.17) is 5.73 Å². The molecule has 150 valence electrons. The predicted octanol–water partition coefficient (Wildman–Crippen LogP) is 5.82. The van der Waals surface area contributed by atoms with Gasteiger partial charge in [0, 0.05) is 12.6 Å². The van der Waals surface area contributed by atoms with E-state index in [1.807, 2.05) is 79.0 Å². The van der Waals surface area contributed by atoms with E-state index in [1.54, 1.807) is 11.3 Å². The zero-order valence-corrected chi connectivity index (χ0v) is 17.9. The van der Waals surface area contributed by atoms with Gasteiger partial charge in [-0.3, -0.25) is 0 Å². The minimum atomic E-state index is -1.04. The van der Waals surface area contributed by atoms with Gasteiger partial charge in [-0.25, -0.2) is 9.38 Å². The molecule has 2 aromatic carbocycles. The molecule has 0 aliphatic heterocycles. The van der Waals surface area contributed by atoms with Crippen LogP contribution in [-0.4, -0.2) is 11.9 Å². The topological polar surface area (TPSA) is 50.4 Å². The number of rotatable bonds is 7. The molecule has 0 unspecified atom stereocenters. The quantitative estimate of drug-likeness (QED) is 0.359. The third kappa shape index (κ3) is 6.60. The third-order valence-electron chi connectivity index (χ3n) is 4.14. The molecule has 0 spiro atoms. The van der Waals surface area contributed by atoms with Gasteiger partial charge in [-0.15, -0.1) is 36.2 Å². The SMILES string of the molecule is C[C@H](NCc1ccc(N=C(N)c2cccs2)cc1)[C@@H](F)c1ccccc1.Cl.Cl. The van der Waals surface area contributed by atoms with E-state index in [0.717, 1.165) is 16.1 Å². The molecule has 28 heavy (non-hydrogen) atoms. The Hall–Kier alpha value is -1.92. The van der Waals surface area contributed by atoms with Crippen LogP contribution in [0.1, 0.15) is 29.1 Å². The number of nitrogens with zero attached hydrogens (tertiary/aromatic N) is 1. The molecule has 1 aromatic heterocycles. The number of thiophene rings is 1. The minimum absolute atomic E-state index is 0. The summed E-state index contributed by atoms with van der Waals surface area (Å²) in [5.41, 5.74) is 8.58. The van der Waals surface area contributed by atoms with Crippen LogP contribution in [0.4, 0.5) is 10.1 Å². The average molecular weight is 440 g/mol. The lowest BCUT2D eigenvalue weighted by molar-refractivity contribution is 0.264. The van der Waals surface area contributed by atoms with Crippen LogP contribution in [0.3, 0.4) is 0 Å². The van der Waals surface area contributed by atoms with Crippen molar-refractivity contribution in [2.24, 2.45) is 10.7 Å². The van der Waals surface area contributed by atoms with Crippen molar-refractivity contribution in [1.82, 2.24) is 5.32 Å². The molecule has 0 bridgehead atoms. The summed E-state index contributed by atoms with van der Waals surface area (Å²) < 4.78 is 14.5. The van der Waals surface area contributed by atoms with E-state index in [1.165, 1.54) is 0 Å². The molecular formula is C21H24Cl2FN3S. The Morgan fingerprint density at radius 1 is 1.04 bits per heavy atom. The fourth-order valence-corrected chi connectivity index (χ4v) is 3.24.